The molecule has 0 aromatic heterocycles. The number of nitrogens with zero attached hydrogens (tertiary/aromatic N) is 2. The smallest absolute Gasteiger partial charge is 0.214 e. The lowest BCUT2D eigenvalue weighted by atomic mass is 10.2. The lowest BCUT2D eigenvalue weighted by Crippen LogP contribution is -2.45. The van der Waals surface area contributed by atoms with Crippen LogP contribution < -0.4 is 0 Å². The molecule has 1 aliphatic heterocycles. The molecule has 0 radical (unpaired) electrons. The third kappa shape index (κ3) is 2.29. The maximum absolute atomic E-state index is 11.4. The van der Waals surface area contributed by atoms with Gasteiger partial charge in [-0.1, -0.05) is 6.92 Å². The minimum Gasteiger partial charge on any atom is -0.246 e. The van der Waals surface area contributed by atoms with Crippen LogP contribution in [0.5, 0.6) is 0 Å². The molecule has 0 unspecified atom stereocenters. The Balaban J connectivity index is 2.53. The van der Waals surface area contributed by atoms with Crippen LogP contribution in [0.15, 0.2) is 11.8 Å². The van der Waals surface area contributed by atoms with Crippen molar-refractivity contribution in [1.29, 1.82) is 0 Å². The molecular weight excluding hydrogens is 188 g/mol. The second-order valence-corrected chi connectivity index (χ2v) is 5.09. The van der Waals surface area contributed by atoms with E-state index in [1.54, 1.807) is 0 Å². The van der Waals surface area contributed by atoms with Crippen molar-refractivity contribution in [3.8, 4) is 0 Å². The third-order valence-electron chi connectivity index (χ3n) is 1.86. The predicted molar refractivity (Wildman–Crippen MR) is 50.3 cm³/mol. The Morgan fingerprint density at radius 1 is 1.62 bits per heavy atom. The Bertz CT molecular complexity index is 343. The molecule has 4 nitrogen and oxygen atoms in total. The van der Waals surface area contributed by atoms with Crippen molar-refractivity contribution in [2.24, 2.45) is 0 Å². The first-order valence-corrected chi connectivity index (χ1v) is 5.73. The van der Waals surface area contributed by atoms with Crippen molar-refractivity contribution < 1.29 is 8.42 Å². The van der Waals surface area contributed by atoms with Crippen molar-refractivity contribution >= 4 is 10.0 Å². The zero-order valence-electron chi connectivity index (χ0n) is 7.52. The van der Waals surface area contributed by atoms with Gasteiger partial charge in [0.2, 0.25) is 10.0 Å². The molecule has 1 aliphatic rings. The number of hydrogen-bond donors (Lipinski definition) is 0. The van der Waals surface area contributed by atoms with Gasteiger partial charge in [0.15, 0.2) is 6.20 Å². The Hall–Kier alpha value is -0.860. The van der Waals surface area contributed by atoms with Crippen LogP contribution in [-0.4, -0.2) is 31.6 Å². The van der Waals surface area contributed by atoms with E-state index in [1.807, 2.05) is 6.92 Å². The summed E-state index contributed by atoms with van der Waals surface area (Å²) in [5, 5.41) is 0. The largest absolute Gasteiger partial charge is 0.246 e. The van der Waals surface area contributed by atoms with Gasteiger partial charge >= 0.3 is 0 Å². The maximum Gasteiger partial charge on any atom is 0.214 e. The van der Waals surface area contributed by atoms with Gasteiger partial charge in [-0.2, -0.15) is 4.31 Å². The van der Waals surface area contributed by atoms with Crippen LogP contribution in [-0.2, 0) is 10.0 Å². The quantitative estimate of drug-likeness (QED) is 0.634. The minimum atomic E-state index is -3.04. The summed E-state index contributed by atoms with van der Waals surface area (Å²) in [6.07, 6.45) is 2.04. The third-order valence-corrected chi connectivity index (χ3v) is 3.83. The van der Waals surface area contributed by atoms with E-state index in [4.69, 9.17) is 6.57 Å². The maximum atomic E-state index is 11.4. The molecule has 1 fully saturated rings. The predicted octanol–water partition coefficient (Wildman–Crippen LogP) is 0.845. The fourth-order valence-corrected chi connectivity index (χ4v) is 2.66. The molecule has 5 heteroatoms. The molecule has 0 aromatic rings. The van der Waals surface area contributed by atoms with Crippen molar-refractivity contribution in [3.05, 3.63) is 23.2 Å². The average Bonchev–Trinajstić information content (AvgIpc) is 1.95. The van der Waals surface area contributed by atoms with Gasteiger partial charge in [0, 0.05) is 13.1 Å². The van der Waals surface area contributed by atoms with Gasteiger partial charge in [0.25, 0.3) is 0 Å². The van der Waals surface area contributed by atoms with E-state index in [1.165, 1.54) is 10.5 Å². The monoisotopic (exact) mass is 200 g/mol. The van der Waals surface area contributed by atoms with Gasteiger partial charge in [-0.15, -0.1) is 0 Å². The summed E-state index contributed by atoms with van der Waals surface area (Å²) in [7, 11) is -3.04. The van der Waals surface area contributed by atoms with Crippen LogP contribution in [0.3, 0.4) is 0 Å². The van der Waals surface area contributed by atoms with Crippen LogP contribution in [0.25, 0.3) is 4.85 Å². The van der Waals surface area contributed by atoms with Gasteiger partial charge < -0.3 is 0 Å². The van der Waals surface area contributed by atoms with E-state index in [9.17, 15) is 8.42 Å². The Labute approximate surface area is 78.7 Å². The molecule has 13 heavy (non-hydrogen) atoms. The van der Waals surface area contributed by atoms with Gasteiger partial charge in [-0.05, 0) is 12.0 Å². The normalized spacial score (nSPS) is 17.7. The van der Waals surface area contributed by atoms with Crippen LogP contribution >= 0.6 is 0 Å². The second kappa shape index (κ2) is 3.90. The second-order valence-electron chi connectivity index (χ2n) is 3.00. The molecule has 0 aliphatic carbocycles. The lowest BCUT2D eigenvalue weighted by molar-refractivity contribution is 0.391. The molecule has 1 rings (SSSR count). The van der Waals surface area contributed by atoms with Gasteiger partial charge in [0.05, 0.1) is 12.3 Å². The van der Waals surface area contributed by atoms with E-state index < -0.39 is 10.0 Å². The fraction of sp³-hybridized carbons (Fsp3) is 0.625. The van der Waals surface area contributed by atoms with Crippen molar-refractivity contribution in [2.45, 2.75) is 13.3 Å². The molecule has 0 bridgehead atoms. The first kappa shape index (κ1) is 10.2. The van der Waals surface area contributed by atoms with Crippen molar-refractivity contribution in [2.75, 3.05) is 18.8 Å². The molecule has 0 N–H and O–H groups in total. The summed E-state index contributed by atoms with van der Waals surface area (Å²) in [6, 6.07) is 0. The first-order chi connectivity index (χ1) is 6.10. The molecule has 0 spiro atoms. The van der Waals surface area contributed by atoms with E-state index in [-0.39, 0.29) is 5.75 Å². The number of rotatable bonds is 3. The molecule has 0 saturated carbocycles. The standard InChI is InChI=1S/C8H12N2O2S/c1-3-4-13(11,12)10-6-8(7-10)5-9-2/h5H,3-4,6-7H2,1H3. The highest BCUT2D eigenvalue weighted by molar-refractivity contribution is 7.89. The van der Waals surface area contributed by atoms with E-state index >= 15 is 0 Å². The van der Waals surface area contributed by atoms with Crippen LogP contribution in [0.1, 0.15) is 13.3 Å². The fourth-order valence-electron chi connectivity index (χ4n) is 1.16. The molecular formula is C8H12N2O2S. The summed E-state index contributed by atoms with van der Waals surface area (Å²) < 4.78 is 24.2. The molecule has 0 amide bonds. The van der Waals surface area contributed by atoms with E-state index in [0.29, 0.717) is 19.5 Å². The number of hydrogen-bond acceptors (Lipinski definition) is 2. The Morgan fingerprint density at radius 2 is 2.23 bits per heavy atom. The molecule has 1 saturated heterocycles. The number of sulfonamides is 1. The van der Waals surface area contributed by atoms with Gasteiger partial charge in [0.1, 0.15) is 0 Å². The zero-order valence-corrected chi connectivity index (χ0v) is 8.34. The van der Waals surface area contributed by atoms with Gasteiger partial charge in [-0.25, -0.2) is 13.3 Å². The lowest BCUT2D eigenvalue weighted by Gasteiger charge is -2.32. The van der Waals surface area contributed by atoms with Crippen LogP contribution in [0.2, 0.25) is 0 Å². The topological polar surface area (TPSA) is 41.7 Å². The van der Waals surface area contributed by atoms with E-state index in [2.05, 4.69) is 4.85 Å². The van der Waals surface area contributed by atoms with Crippen LogP contribution in [0.4, 0.5) is 0 Å². The molecule has 0 atom stereocenters. The van der Waals surface area contributed by atoms with Crippen molar-refractivity contribution in [3.63, 3.8) is 0 Å². The molecule has 72 valence electrons. The summed E-state index contributed by atoms with van der Waals surface area (Å²) in [5.74, 6) is 0.207. The molecule has 0 aromatic carbocycles. The Morgan fingerprint density at radius 3 is 2.69 bits per heavy atom. The average molecular weight is 200 g/mol. The zero-order chi connectivity index (χ0) is 9.90. The van der Waals surface area contributed by atoms with E-state index in [0.717, 1.165) is 5.57 Å². The Kier molecular flexibility index (Phi) is 3.07. The summed E-state index contributed by atoms with van der Waals surface area (Å²) >= 11 is 0. The molecule has 1 heterocycles. The summed E-state index contributed by atoms with van der Waals surface area (Å²) in [4.78, 5) is 3.09. The highest BCUT2D eigenvalue weighted by Crippen LogP contribution is 2.19. The van der Waals surface area contributed by atoms with Crippen LogP contribution in [0, 0.1) is 6.57 Å². The highest BCUT2D eigenvalue weighted by atomic mass is 32.2. The SMILES string of the molecule is [C-]#[N+]C=C1CN(S(=O)(=O)CCC)C1. The minimum absolute atomic E-state index is 0.207. The highest BCUT2D eigenvalue weighted by Gasteiger charge is 2.29. The summed E-state index contributed by atoms with van der Waals surface area (Å²) in [6.45, 7) is 9.21. The first-order valence-electron chi connectivity index (χ1n) is 4.12. The summed E-state index contributed by atoms with van der Waals surface area (Å²) in [5.41, 5.74) is 0.898. The van der Waals surface area contributed by atoms with Crippen molar-refractivity contribution in [1.82, 2.24) is 4.31 Å². The van der Waals surface area contributed by atoms with Gasteiger partial charge in [-0.3, -0.25) is 0 Å².